The number of hydrogen-bond donors (Lipinski definition) is 1. The van der Waals surface area contributed by atoms with E-state index < -0.39 is 0 Å². The van der Waals surface area contributed by atoms with Crippen LogP contribution in [0.4, 0.5) is 11.6 Å². The first-order valence-electron chi connectivity index (χ1n) is 4.98. The maximum absolute atomic E-state index is 4.22. The first-order valence-corrected chi connectivity index (χ1v) is 4.98. The SMILES string of the molecule is Cc1cc(C)cc(Nc2nccn2C)c1. The summed E-state index contributed by atoms with van der Waals surface area (Å²) in [6.45, 7) is 4.19. The molecule has 1 heterocycles. The second-order valence-electron chi connectivity index (χ2n) is 3.86. The van der Waals surface area contributed by atoms with Crippen LogP contribution in [0.1, 0.15) is 11.1 Å². The van der Waals surface area contributed by atoms with Crippen molar-refractivity contribution in [2.45, 2.75) is 13.8 Å². The number of nitrogens with one attached hydrogen (secondary N) is 1. The average Bonchev–Trinajstić information content (AvgIpc) is 2.50. The zero-order valence-electron chi connectivity index (χ0n) is 9.28. The zero-order chi connectivity index (χ0) is 10.8. The number of aromatic nitrogens is 2. The van der Waals surface area contributed by atoms with E-state index in [0.29, 0.717) is 0 Å². The van der Waals surface area contributed by atoms with Gasteiger partial charge in [-0.2, -0.15) is 0 Å². The summed E-state index contributed by atoms with van der Waals surface area (Å²) in [5, 5.41) is 3.29. The molecule has 0 aliphatic carbocycles. The van der Waals surface area contributed by atoms with Gasteiger partial charge in [0.2, 0.25) is 5.95 Å². The van der Waals surface area contributed by atoms with Crippen LogP contribution in [0, 0.1) is 13.8 Å². The summed E-state index contributed by atoms with van der Waals surface area (Å²) >= 11 is 0. The topological polar surface area (TPSA) is 29.9 Å². The van der Waals surface area contributed by atoms with Crippen molar-refractivity contribution in [2.24, 2.45) is 7.05 Å². The second kappa shape index (κ2) is 3.77. The predicted molar refractivity (Wildman–Crippen MR) is 62.4 cm³/mol. The van der Waals surface area contributed by atoms with Crippen molar-refractivity contribution in [3.63, 3.8) is 0 Å². The molecule has 1 aromatic heterocycles. The van der Waals surface area contributed by atoms with Crippen molar-refractivity contribution in [2.75, 3.05) is 5.32 Å². The van der Waals surface area contributed by atoms with Gasteiger partial charge in [0, 0.05) is 25.1 Å². The molecule has 1 aromatic carbocycles. The van der Waals surface area contributed by atoms with Crippen LogP contribution in [-0.2, 0) is 7.05 Å². The Morgan fingerprint density at radius 2 is 1.80 bits per heavy atom. The Kier molecular flexibility index (Phi) is 2.46. The lowest BCUT2D eigenvalue weighted by molar-refractivity contribution is 0.924. The molecule has 0 radical (unpaired) electrons. The smallest absolute Gasteiger partial charge is 0.207 e. The monoisotopic (exact) mass is 201 g/mol. The molecule has 0 saturated carbocycles. The number of benzene rings is 1. The van der Waals surface area contributed by atoms with Crippen LogP contribution < -0.4 is 5.32 Å². The van der Waals surface area contributed by atoms with Crippen molar-refractivity contribution in [3.05, 3.63) is 41.7 Å². The van der Waals surface area contributed by atoms with Gasteiger partial charge < -0.3 is 9.88 Å². The third-order valence-corrected chi connectivity index (χ3v) is 2.30. The lowest BCUT2D eigenvalue weighted by Gasteiger charge is -2.07. The maximum Gasteiger partial charge on any atom is 0.207 e. The third kappa shape index (κ3) is 2.18. The first-order chi connectivity index (χ1) is 7.15. The molecular formula is C12H15N3. The van der Waals surface area contributed by atoms with E-state index >= 15 is 0 Å². The first kappa shape index (κ1) is 9.77. The number of aryl methyl sites for hydroxylation is 3. The molecule has 0 aliphatic rings. The van der Waals surface area contributed by atoms with Crippen LogP contribution in [0.2, 0.25) is 0 Å². The third-order valence-electron chi connectivity index (χ3n) is 2.30. The molecule has 3 heteroatoms. The Hall–Kier alpha value is -1.77. The Labute approximate surface area is 89.8 Å². The average molecular weight is 201 g/mol. The van der Waals surface area contributed by atoms with Crippen LogP contribution in [-0.4, -0.2) is 9.55 Å². The summed E-state index contributed by atoms with van der Waals surface area (Å²) in [7, 11) is 1.97. The number of anilines is 2. The van der Waals surface area contributed by atoms with Gasteiger partial charge in [0.25, 0.3) is 0 Å². The van der Waals surface area contributed by atoms with Gasteiger partial charge in [-0.15, -0.1) is 0 Å². The molecule has 3 nitrogen and oxygen atoms in total. The fourth-order valence-corrected chi connectivity index (χ4v) is 1.66. The van der Waals surface area contributed by atoms with Crippen molar-refractivity contribution < 1.29 is 0 Å². The second-order valence-corrected chi connectivity index (χ2v) is 3.86. The molecule has 0 atom stereocenters. The van der Waals surface area contributed by atoms with E-state index in [1.807, 2.05) is 17.8 Å². The zero-order valence-corrected chi connectivity index (χ0v) is 9.28. The van der Waals surface area contributed by atoms with Gasteiger partial charge in [0.1, 0.15) is 0 Å². The summed E-state index contributed by atoms with van der Waals surface area (Å²) in [6.07, 6.45) is 3.70. The van der Waals surface area contributed by atoms with Crippen LogP contribution in [0.15, 0.2) is 30.6 Å². The van der Waals surface area contributed by atoms with Crippen LogP contribution in [0.3, 0.4) is 0 Å². The maximum atomic E-state index is 4.22. The minimum absolute atomic E-state index is 0.861. The van der Waals surface area contributed by atoms with Crippen molar-refractivity contribution >= 4 is 11.6 Å². The summed E-state index contributed by atoms with van der Waals surface area (Å²) in [6, 6.07) is 6.38. The van der Waals surface area contributed by atoms with E-state index in [-0.39, 0.29) is 0 Å². The van der Waals surface area contributed by atoms with Gasteiger partial charge in [-0.3, -0.25) is 0 Å². The minimum atomic E-state index is 0.861. The summed E-state index contributed by atoms with van der Waals surface area (Å²) < 4.78 is 1.96. The van der Waals surface area contributed by atoms with Crippen molar-refractivity contribution in [3.8, 4) is 0 Å². The van der Waals surface area contributed by atoms with Gasteiger partial charge in [-0.1, -0.05) is 6.07 Å². The standard InChI is InChI=1S/C12H15N3/c1-9-6-10(2)8-11(7-9)14-12-13-4-5-15(12)3/h4-8H,1-3H3,(H,13,14). The van der Waals surface area contributed by atoms with Gasteiger partial charge >= 0.3 is 0 Å². The van der Waals surface area contributed by atoms with E-state index in [0.717, 1.165) is 11.6 Å². The molecule has 1 N–H and O–H groups in total. The molecule has 2 aromatic rings. The summed E-state index contributed by atoms with van der Waals surface area (Å²) in [4.78, 5) is 4.22. The predicted octanol–water partition coefficient (Wildman–Crippen LogP) is 2.78. The minimum Gasteiger partial charge on any atom is -0.326 e. The number of rotatable bonds is 2. The summed E-state index contributed by atoms with van der Waals surface area (Å²) in [5.41, 5.74) is 3.60. The van der Waals surface area contributed by atoms with E-state index in [1.54, 1.807) is 6.20 Å². The molecule has 0 unspecified atom stereocenters. The molecule has 0 fully saturated rings. The van der Waals surface area contributed by atoms with Gasteiger partial charge in [0.15, 0.2) is 0 Å². The van der Waals surface area contributed by atoms with Gasteiger partial charge in [-0.25, -0.2) is 4.98 Å². The Morgan fingerprint density at radius 1 is 1.13 bits per heavy atom. The molecular weight excluding hydrogens is 186 g/mol. The lowest BCUT2D eigenvalue weighted by Crippen LogP contribution is -1.98. The molecule has 0 bridgehead atoms. The summed E-state index contributed by atoms with van der Waals surface area (Å²) in [5.74, 6) is 0.861. The molecule has 0 saturated heterocycles. The Morgan fingerprint density at radius 3 is 2.33 bits per heavy atom. The quantitative estimate of drug-likeness (QED) is 0.809. The Bertz CT molecular complexity index is 451. The Balaban J connectivity index is 2.28. The lowest BCUT2D eigenvalue weighted by atomic mass is 10.1. The fraction of sp³-hybridized carbons (Fsp3) is 0.250. The van der Waals surface area contributed by atoms with E-state index in [9.17, 15) is 0 Å². The molecule has 0 aliphatic heterocycles. The molecule has 0 amide bonds. The molecule has 2 rings (SSSR count). The number of imidazole rings is 1. The molecule has 78 valence electrons. The highest BCUT2D eigenvalue weighted by molar-refractivity contribution is 5.56. The van der Waals surface area contributed by atoms with Gasteiger partial charge in [0.05, 0.1) is 0 Å². The highest BCUT2D eigenvalue weighted by Gasteiger charge is 2.00. The van der Waals surface area contributed by atoms with Crippen molar-refractivity contribution in [1.29, 1.82) is 0 Å². The largest absolute Gasteiger partial charge is 0.326 e. The van der Waals surface area contributed by atoms with Crippen molar-refractivity contribution in [1.82, 2.24) is 9.55 Å². The van der Waals surface area contributed by atoms with E-state index in [1.165, 1.54) is 11.1 Å². The molecule has 15 heavy (non-hydrogen) atoms. The van der Waals surface area contributed by atoms with E-state index in [2.05, 4.69) is 42.3 Å². The molecule has 0 spiro atoms. The van der Waals surface area contributed by atoms with Crippen LogP contribution in [0.25, 0.3) is 0 Å². The highest BCUT2D eigenvalue weighted by atomic mass is 15.2. The van der Waals surface area contributed by atoms with Crippen LogP contribution in [0.5, 0.6) is 0 Å². The number of nitrogens with zero attached hydrogens (tertiary/aromatic N) is 2. The fourth-order valence-electron chi connectivity index (χ4n) is 1.66. The van der Waals surface area contributed by atoms with E-state index in [4.69, 9.17) is 0 Å². The van der Waals surface area contributed by atoms with Crippen LogP contribution >= 0.6 is 0 Å². The normalized spacial score (nSPS) is 10.3. The number of hydrogen-bond acceptors (Lipinski definition) is 2. The van der Waals surface area contributed by atoms with Gasteiger partial charge in [-0.05, 0) is 37.1 Å². The highest BCUT2D eigenvalue weighted by Crippen LogP contribution is 2.17.